The molecule has 2 bridgehead atoms. The van der Waals surface area contributed by atoms with E-state index < -0.39 is 16.4 Å². The predicted octanol–water partition coefficient (Wildman–Crippen LogP) is 3.24. The molecule has 1 heterocycles. The summed E-state index contributed by atoms with van der Waals surface area (Å²) in [5.74, 6) is 0.861. The molecule has 1 aliphatic heterocycles. The standard InChI is InChI=1S/C16H20O3S/c1-12-8-9-13-10-15(12)18-19-16(13,2)11-20(17)14-6-4-3-5-7-14/h3-7,13,15H,1,8-11H2,2H3/t13?,15?,16-,20?/m0/s1. The average molecular weight is 292 g/mol. The van der Waals surface area contributed by atoms with Crippen LogP contribution >= 0.6 is 0 Å². The molecule has 2 fully saturated rings. The summed E-state index contributed by atoms with van der Waals surface area (Å²) in [6, 6.07) is 9.55. The van der Waals surface area contributed by atoms with Crippen LogP contribution in [0.4, 0.5) is 0 Å². The minimum absolute atomic E-state index is 0.0204. The van der Waals surface area contributed by atoms with E-state index in [0.29, 0.717) is 11.7 Å². The molecular weight excluding hydrogens is 272 g/mol. The maximum atomic E-state index is 12.5. The molecule has 1 aromatic carbocycles. The summed E-state index contributed by atoms with van der Waals surface area (Å²) in [5.41, 5.74) is 0.644. The number of rotatable bonds is 3. The van der Waals surface area contributed by atoms with Gasteiger partial charge in [-0.3, -0.25) is 4.21 Å². The van der Waals surface area contributed by atoms with E-state index in [9.17, 15) is 4.21 Å². The van der Waals surface area contributed by atoms with Crippen LogP contribution in [0.15, 0.2) is 47.4 Å². The molecule has 3 rings (SSSR count). The Bertz CT molecular complexity index is 528. The largest absolute Gasteiger partial charge is 0.254 e. The van der Waals surface area contributed by atoms with Crippen molar-refractivity contribution in [1.82, 2.24) is 0 Å². The Balaban J connectivity index is 1.73. The highest BCUT2D eigenvalue weighted by Gasteiger charge is 2.46. The molecule has 0 aromatic heterocycles. The molecule has 4 heteroatoms. The second kappa shape index (κ2) is 5.43. The molecule has 0 N–H and O–H groups in total. The SMILES string of the molecule is C=C1CCC2CC1OO[C@@]2(C)CS(=O)c1ccccc1. The quantitative estimate of drug-likeness (QED) is 0.634. The fourth-order valence-corrected chi connectivity index (χ4v) is 4.45. The molecule has 2 aliphatic rings. The first-order valence-electron chi connectivity index (χ1n) is 7.04. The Labute approximate surface area is 122 Å². The van der Waals surface area contributed by atoms with E-state index in [-0.39, 0.29) is 6.10 Å². The van der Waals surface area contributed by atoms with Gasteiger partial charge in [-0.25, -0.2) is 9.78 Å². The lowest BCUT2D eigenvalue weighted by Gasteiger charge is -2.46. The summed E-state index contributed by atoms with van der Waals surface area (Å²) in [4.78, 5) is 12.0. The molecule has 0 radical (unpaired) electrons. The highest BCUT2D eigenvalue weighted by atomic mass is 32.2. The highest BCUT2D eigenvalue weighted by Crippen LogP contribution is 2.43. The fraction of sp³-hybridized carbons (Fsp3) is 0.500. The first kappa shape index (κ1) is 14.0. The average Bonchev–Trinajstić information content (AvgIpc) is 2.47. The van der Waals surface area contributed by atoms with E-state index in [0.717, 1.165) is 29.7 Å². The van der Waals surface area contributed by atoms with Gasteiger partial charge in [-0.2, -0.15) is 0 Å². The van der Waals surface area contributed by atoms with Gasteiger partial charge in [-0.1, -0.05) is 24.8 Å². The number of hydrogen-bond acceptors (Lipinski definition) is 3. The summed E-state index contributed by atoms with van der Waals surface area (Å²) in [7, 11) is -1.07. The van der Waals surface area contributed by atoms with Crippen molar-refractivity contribution in [3.05, 3.63) is 42.5 Å². The van der Waals surface area contributed by atoms with Gasteiger partial charge in [0, 0.05) is 4.90 Å². The van der Waals surface area contributed by atoms with Crippen LogP contribution in [0.25, 0.3) is 0 Å². The third kappa shape index (κ3) is 2.60. The molecule has 108 valence electrons. The predicted molar refractivity (Wildman–Crippen MR) is 78.6 cm³/mol. The lowest BCUT2D eigenvalue weighted by Crippen LogP contribution is -2.51. The van der Waals surface area contributed by atoms with Crippen LogP contribution in [0.1, 0.15) is 26.2 Å². The van der Waals surface area contributed by atoms with Crippen molar-refractivity contribution in [1.29, 1.82) is 0 Å². The van der Waals surface area contributed by atoms with Crippen molar-refractivity contribution in [3.63, 3.8) is 0 Å². The second-order valence-corrected chi connectivity index (χ2v) is 7.36. The molecule has 20 heavy (non-hydrogen) atoms. The lowest BCUT2D eigenvalue weighted by atomic mass is 9.75. The van der Waals surface area contributed by atoms with E-state index in [1.165, 1.54) is 0 Å². The van der Waals surface area contributed by atoms with Gasteiger partial charge < -0.3 is 0 Å². The molecule has 1 saturated carbocycles. The van der Waals surface area contributed by atoms with E-state index in [1.807, 2.05) is 37.3 Å². The number of benzene rings is 1. The van der Waals surface area contributed by atoms with Crippen molar-refractivity contribution in [2.75, 3.05) is 5.75 Å². The van der Waals surface area contributed by atoms with Crippen LogP contribution in [0.3, 0.4) is 0 Å². The minimum atomic E-state index is -1.07. The van der Waals surface area contributed by atoms with E-state index >= 15 is 0 Å². The van der Waals surface area contributed by atoms with E-state index in [1.54, 1.807) is 0 Å². The van der Waals surface area contributed by atoms with Gasteiger partial charge in [0.25, 0.3) is 0 Å². The molecule has 1 saturated heterocycles. The van der Waals surface area contributed by atoms with Crippen molar-refractivity contribution >= 4 is 10.8 Å². The molecule has 3 unspecified atom stereocenters. The van der Waals surface area contributed by atoms with Crippen molar-refractivity contribution in [2.24, 2.45) is 5.92 Å². The Morgan fingerprint density at radius 2 is 2.15 bits per heavy atom. The molecule has 1 aromatic rings. The Kier molecular flexibility index (Phi) is 3.80. The van der Waals surface area contributed by atoms with Crippen molar-refractivity contribution in [2.45, 2.75) is 42.8 Å². The third-order valence-corrected chi connectivity index (χ3v) is 6.04. The summed E-state index contributed by atoms with van der Waals surface area (Å²) < 4.78 is 12.5. The Morgan fingerprint density at radius 3 is 2.90 bits per heavy atom. The van der Waals surface area contributed by atoms with Crippen LogP contribution in [0.5, 0.6) is 0 Å². The van der Waals surface area contributed by atoms with Gasteiger partial charge in [-0.15, -0.1) is 0 Å². The van der Waals surface area contributed by atoms with Gasteiger partial charge in [0.05, 0.1) is 16.6 Å². The van der Waals surface area contributed by atoms with Crippen molar-refractivity contribution in [3.8, 4) is 0 Å². The van der Waals surface area contributed by atoms with Gasteiger partial charge in [0.2, 0.25) is 0 Å². The second-order valence-electron chi connectivity index (χ2n) is 5.91. The highest BCUT2D eigenvalue weighted by molar-refractivity contribution is 7.85. The van der Waals surface area contributed by atoms with E-state index in [2.05, 4.69) is 6.58 Å². The maximum Gasteiger partial charge on any atom is 0.115 e. The minimum Gasteiger partial charge on any atom is -0.254 e. The molecular formula is C16H20O3S. The topological polar surface area (TPSA) is 35.5 Å². The molecule has 3 nitrogen and oxygen atoms in total. The zero-order valence-electron chi connectivity index (χ0n) is 11.7. The summed E-state index contributed by atoms with van der Waals surface area (Å²) in [6.07, 6.45) is 2.97. The van der Waals surface area contributed by atoms with Gasteiger partial charge in [0.15, 0.2) is 0 Å². The van der Waals surface area contributed by atoms with Crippen LogP contribution in [-0.4, -0.2) is 21.7 Å². The van der Waals surface area contributed by atoms with Crippen LogP contribution in [-0.2, 0) is 20.6 Å². The summed E-state index contributed by atoms with van der Waals surface area (Å²) >= 11 is 0. The van der Waals surface area contributed by atoms with Gasteiger partial charge in [-0.05, 0) is 49.8 Å². The Morgan fingerprint density at radius 1 is 1.40 bits per heavy atom. The van der Waals surface area contributed by atoms with E-state index in [4.69, 9.17) is 9.78 Å². The fourth-order valence-electron chi connectivity index (χ4n) is 3.02. The van der Waals surface area contributed by atoms with Crippen LogP contribution in [0, 0.1) is 5.92 Å². The maximum absolute atomic E-state index is 12.5. The first-order valence-corrected chi connectivity index (χ1v) is 8.36. The van der Waals surface area contributed by atoms with Crippen molar-refractivity contribution < 1.29 is 14.0 Å². The smallest absolute Gasteiger partial charge is 0.115 e. The van der Waals surface area contributed by atoms with Crippen LogP contribution < -0.4 is 0 Å². The normalized spacial score (nSPS) is 34.8. The zero-order chi connectivity index (χ0) is 14.2. The summed E-state index contributed by atoms with van der Waals surface area (Å²) in [6.45, 7) is 6.04. The molecule has 1 aliphatic carbocycles. The number of hydrogen-bond donors (Lipinski definition) is 0. The van der Waals surface area contributed by atoms with Crippen LogP contribution in [0.2, 0.25) is 0 Å². The molecule has 0 amide bonds. The zero-order valence-corrected chi connectivity index (χ0v) is 12.5. The molecule has 0 spiro atoms. The first-order chi connectivity index (χ1) is 9.58. The lowest BCUT2D eigenvalue weighted by molar-refractivity contribution is -0.411. The Hall–Kier alpha value is -0.970. The van der Waals surface area contributed by atoms with Gasteiger partial charge in [0.1, 0.15) is 11.7 Å². The monoisotopic (exact) mass is 292 g/mol. The third-order valence-electron chi connectivity index (χ3n) is 4.41. The number of fused-ring (bicyclic) bond motifs is 2. The summed E-state index contributed by atoms with van der Waals surface area (Å²) in [5, 5.41) is 0. The molecule has 4 atom stereocenters. The van der Waals surface area contributed by atoms with Gasteiger partial charge >= 0.3 is 0 Å².